The van der Waals surface area contributed by atoms with E-state index in [2.05, 4.69) is 59.4 Å². The Kier molecular flexibility index (Phi) is 4.04. The van der Waals surface area contributed by atoms with Crippen LogP contribution >= 0.6 is 0 Å². The Morgan fingerprint density at radius 3 is 1.92 bits per heavy atom. The number of halogens is 1. The molecule has 5 aromatic carbocycles. The Balaban J connectivity index is 0.00000168. The average Bonchev–Trinajstić information content (AvgIpc) is 2.68. The van der Waals surface area contributed by atoms with Crippen molar-refractivity contribution in [2.75, 3.05) is 0 Å². The maximum Gasteiger partial charge on any atom is 0.379 e. The van der Waals surface area contributed by atoms with E-state index < -0.39 is 0 Å². The number of benzene rings is 5. The molecular formula is C23H15BrN2. The number of hydrogen-bond donors (Lipinski definition) is 1. The molecule has 124 valence electrons. The summed E-state index contributed by atoms with van der Waals surface area (Å²) in [5, 5.41) is 7.41. The molecule has 0 aliphatic rings. The van der Waals surface area contributed by atoms with Crippen LogP contribution in [0.1, 0.15) is 11.1 Å². The standard InChI is InChI=1S/C23H15N2.BrH/c24-25-23(18-5-2-1-3-6-18)20-14-12-17-10-9-15-7-4-8-16-11-13-19(20)22(17)21(15)16;/h1-14,24H;1H/q+1;/p-1. The molecule has 0 saturated carbocycles. The Labute approximate surface area is 161 Å². The molecule has 0 radical (unpaired) electrons. The van der Waals surface area contributed by atoms with Crippen LogP contribution in [0.3, 0.4) is 0 Å². The SMILES string of the molecule is N=[N+]=C(c1ccccc1)c1ccc2ccc3cccc4ccc1c2c34.[Br-]. The normalized spacial score (nSPS) is 10.8. The van der Waals surface area contributed by atoms with E-state index in [1.165, 1.54) is 26.9 Å². The molecule has 0 atom stereocenters. The van der Waals surface area contributed by atoms with Crippen LogP contribution in [0, 0.1) is 5.53 Å². The van der Waals surface area contributed by atoms with E-state index in [1.54, 1.807) is 0 Å². The fourth-order valence-corrected chi connectivity index (χ4v) is 3.82. The molecule has 2 nitrogen and oxygen atoms in total. The summed E-state index contributed by atoms with van der Waals surface area (Å²) < 4.78 is 0. The Hall–Kier alpha value is -3.00. The molecule has 0 bridgehead atoms. The van der Waals surface area contributed by atoms with E-state index >= 15 is 0 Å². The van der Waals surface area contributed by atoms with Crippen LogP contribution in [0.2, 0.25) is 0 Å². The van der Waals surface area contributed by atoms with Gasteiger partial charge in [-0.25, -0.2) is 0 Å². The van der Waals surface area contributed by atoms with Gasteiger partial charge in [0.15, 0.2) is 0 Å². The Morgan fingerprint density at radius 2 is 1.23 bits per heavy atom. The summed E-state index contributed by atoms with van der Waals surface area (Å²) in [4.78, 5) is 3.88. The molecule has 5 aromatic rings. The van der Waals surface area contributed by atoms with Gasteiger partial charge in [-0.3, -0.25) is 0 Å². The lowest BCUT2D eigenvalue weighted by atomic mass is 9.89. The molecular weight excluding hydrogens is 384 g/mol. The van der Waals surface area contributed by atoms with E-state index in [4.69, 9.17) is 5.53 Å². The highest BCUT2D eigenvalue weighted by atomic mass is 79.9. The monoisotopic (exact) mass is 398 g/mol. The third kappa shape index (κ3) is 2.33. The van der Waals surface area contributed by atoms with Gasteiger partial charge in [0.1, 0.15) is 0 Å². The summed E-state index contributed by atoms with van der Waals surface area (Å²) in [5.74, 6) is 0. The lowest BCUT2D eigenvalue weighted by Gasteiger charge is -2.12. The molecule has 0 fully saturated rings. The van der Waals surface area contributed by atoms with Gasteiger partial charge in [-0.05, 0) is 50.5 Å². The van der Waals surface area contributed by atoms with E-state index in [0.29, 0.717) is 5.71 Å². The minimum atomic E-state index is 0. The zero-order valence-corrected chi connectivity index (χ0v) is 15.5. The molecule has 0 aromatic heterocycles. The molecule has 5 rings (SSSR count). The van der Waals surface area contributed by atoms with Crippen molar-refractivity contribution in [3.63, 3.8) is 0 Å². The number of hydrogen-bond acceptors (Lipinski definition) is 1. The van der Waals surface area contributed by atoms with Crippen molar-refractivity contribution in [3.8, 4) is 0 Å². The molecule has 0 aliphatic carbocycles. The van der Waals surface area contributed by atoms with Gasteiger partial charge in [-0.1, -0.05) is 66.7 Å². The molecule has 0 saturated heterocycles. The van der Waals surface area contributed by atoms with Crippen molar-refractivity contribution < 1.29 is 21.8 Å². The van der Waals surface area contributed by atoms with Crippen LogP contribution in [0.15, 0.2) is 84.9 Å². The van der Waals surface area contributed by atoms with Crippen molar-refractivity contribution in [1.29, 1.82) is 5.53 Å². The highest BCUT2D eigenvalue weighted by Crippen LogP contribution is 2.36. The van der Waals surface area contributed by atoms with Crippen LogP contribution in [0.25, 0.3) is 32.3 Å². The van der Waals surface area contributed by atoms with Crippen molar-refractivity contribution in [2.45, 2.75) is 0 Å². The van der Waals surface area contributed by atoms with Crippen molar-refractivity contribution in [3.05, 3.63) is 96.1 Å². The van der Waals surface area contributed by atoms with Gasteiger partial charge in [0.25, 0.3) is 0 Å². The second kappa shape index (κ2) is 6.38. The van der Waals surface area contributed by atoms with Gasteiger partial charge in [0.05, 0.1) is 21.4 Å². The Bertz CT molecular complexity index is 1270. The van der Waals surface area contributed by atoms with Crippen LogP contribution < -0.4 is 17.0 Å². The van der Waals surface area contributed by atoms with Gasteiger partial charge in [-0.2, -0.15) is 0 Å². The van der Waals surface area contributed by atoms with Crippen LogP contribution in [0.5, 0.6) is 0 Å². The molecule has 1 N–H and O–H groups in total. The van der Waals surface area contributed by atoms with Gasteiger partial charge >= 0.3 is 5.71 Å². The molecule has 0 aliphatic heterocycles. The Morgan fingerprint density at radius 1 is 0.615 bits per heavy atom. The summed E-state index contributed by atoms with van der Waals surface area (Å²) in [6, 6.07) is 29.3. The predicted octanol–water partition coefficient (Wildman–Crippen LogP) is 2.66. The van der Waals surface area contributed by atoms with Gasteiger partial charge in [0.2, 0.25) is 0 Å². The van der Waals surface area contributed by atoms with E-state index in [1.807, 2.05) is 30.3 Å². The number of nitrogens with one attached hydrogen (secondary N) is 1. The molecule has 0 unspecified atom stereocenters. The average molecular weight is 399 g/mol. The molecule has 0 heterocycles. The summed E-state index contributed by atoms with van der Waals surface area (Å²) in [6.07, 6.45) is 0. The lowest BCUT2D eigenvalue weighted by molar-refractivity contribution is -0.117. The summed E-state index contributed by atoms with van der Waals surface area (Å²) in [7, 11) is 0. The van der Waals surface area contributed by atoms with Crippen molar-refractivity contribution in [1.82, 2.24) is 0 Å². The maximum atomic E-state index is 7.76. The summed E-state index contributed by atoms with van der Waals surface area (Å²) in [6.45, 7) is 0. The quantitative estimate of drug-likeness (QED) is 0.205. The highest BCUT2D eigenvalue weighted by molar-refractivity contribution is 6.28. The third-order valence-electron chi connectivity index (χ3n) is 4.94. The summed E-state index contributed by atoms with van der Waals surface area (Å²) >= 11 is 0. The van der Waals surface area contributed by atoms with Crippen LogP contribution in [-0.4, -0.2) is 10.5 Å². The largest absolute Gasteiger partial charge is 1.00 e. The first-order valence-electron chi connectivity index (χ1n) is 8.33. The number of nitrogens with zero attached hydrogens (tertiary/aromatic N) is 1. The highest BCUT2D eigenvalue weighted by Gasteiger charge is 2.22. The zero-order valence-electron chi connectivity index (χ0n) is 13.9. The third-order valence-corrected chi connectivity index (χ3v) is 4.94. The van der Waals surface area contributed by atoms with Crippen LogP contribution in [-0.2, 0) is 0 Å². The molecule has 0 spiro atoms. The molecule has 0 amide bonds. The fourth-order valence-electron chi connectivity index (χ4n) is 3.82. The summed E-state index contributed by atoms with van der Waals surface area (Å²) in [5.41, 5.74) is 10.4. The smallest absolute Gasteiger partial charge is 0.379 e. The lowest BCUT2D eigenvalue weighted by Crippen LogP contribution is -3.00. The fraction of sp³-hybridized carbons (Fsp3) is 0. The van der Waals surface area contributed by atoms with Crippen molar-refractivity contribution >= 4 is 38.0 Å². The van der Waals surface area contributed by atoms with Crippen LogP contribution in [0.4, 0.5) is 0 Å². The van der Waals surface area contributed by atoms with Gasteiger partial charge in [0, 0.05) is 0 Å². The van der Waals surface area contributed by atoms with Gasteiger partial charge < -0.3 is 17.0 Å². The zero-order chi connectivity index (χ0) is 16.8. The van der Waals surface area contributed by atoms with E-state index in [9.17, 15) is 0 Å². The first-order valence-corrected chi connectivity index (χ1v) is 8.33. The van der Waals surface area contributed by atoms with Gasteiger partial charge in [-0.15, -0.1) is 0 Å². The molecule has 3 heteroatoms. The van der Waals surface area contributed by atoms with E-state index in [-0.39, 0.29) is 17.0 Å². The predicted molar refractivity (Wildman–Crippen MR) is 103 cm³/mol. The minimum absolute atomic E-state index is 0. The first-order chi connectivity index (χ1) is 12.4. The topological polar surface area (TPSA) is 38.0 Å². The number of rotatable bonds is 2. The van der Waals surface area contributed by atoms with Crippen molar-refractivity contribution in [2.24, 2.45) is 0 Å². The minimum Gasteiger partial charge on any atom is -1.00 e. The maximum absolute atomic E-state index is 7.76. The second-order valence-corrected chi connectivity index (χ2v) is 6.30. The second-order valence-electron chi connectivity index (χ2n) is 6.30. The van der Waals surface area contributed by atoms with E-state index in [0.717, 1.165) is 16.5 Å². The molecule has 26 heavy (non-hydrogen) atoms. The first kappa shape index (κ1) is 16.5.